The second-order valence-corrected chi connectivity index (χ2v) is 7.24. The number of nitrogens with one attached hydrogen (secondary N) is 2. The van der Waals surface area contributed by atoms with E-state index >= 15 is 0 Å². The van der Waals surface area contributed by atoms with E-state index in [-0.39, 0.29) is 17.0 Å². The lowest BCUT2D eigenvalue weighted by molar-refractivity contribution is 0.251. The number of anilines is 1. The maximum absolute atomic E-state index is 12.2. The van der Waals surface area contributed by atoms with E-state index in [9.17, 15) is 9.59 Å². The lowest BCUT2D eigenvalue weighted by atomic mass is 9.78. The maximum atomic E-state index is 12.2. The molecule has 2 unspecified atom stereocenters. The Morgan fingerprint density at radius 1 is 1.28 bits per heavy atom. The summed E-state index contributed by atoms with van der Waals surface area (Å²) in [6, 6.07) is 11.8. The van der Waals surface area contributed by atoms with Crippen molar-refractivity contribution in [3.05, 3.63) is 64.1 Å². The van der Waals surface area contributed by atoms with Gasteiger partial charge in [0.25, 0.3) is 5.56 Å². The van der Waals surface area contributed by atoms with Gasteiger partial charge in [-0.1, -0.05) is 24.3 Å². The monoisotopic (exact) mass is 337 g/mol. The summed E-state index contributed by atoms with van der Waals surface area (Å²) in [4.78, 5) is 24.1. The van der Waals surface area contributed by atoms with Gasteiger partial charge < -0.3 is 15.2 Å². The van der Waals surface area contributed by atoms with Gasteiger partial charge in [0.15, 0.2) is 0 Å². The van der Waals surface area contributed by atoms with Crippen LogP contribution in [0.5, 0.6) is 0 Å². The van der Waals surface area contributed by atoms with Crippen LogP contribution < -0.4 is 16.2 Å². The van der Waals surface area contributed by atoms with Crippen molar-refractivity contribution in [1.29, 1.82) is 0 Å². The minimum atomic E-state index is -0.311. The Bertz CT molecular complexity index is 873. The number of carbonyl (C=O) groups is 1. The molecule has 5 nitrogen and oxygen atoms in total. The van der Waals surface area contributed by atoms with Gasteiger partial charge in [0.1, 0.15) is 5.69 Å². The molecular formula is C20H23N3O2. The van der Waals surface area contributed by atoms with Gasteiger partial charge in [-0.3, -0.25) is 4.79 Å². The summed E-state index contributed by atoms with van der Waals surface area (Å²) in [5, 5.41) is 5.61. The van der Waals surface area contributed by atoms with E-state index < -0.39 is 0 Å². The number of pyridine rings is 1. The smallest absolute Gasteiger partial charge is 0.319 e. The molecule has 1 saturated carbocycles. The van der Waals surface area contributed by atoms with Crippen molar-refractivity contribution < 1.29 is 4.79 Å². The van der Waals surface area contributed by atoms with Crippen LogP contribution in [-0.2, 0) is 18.9 Å². The van der Waals surface area contributed by atoms with Gasteiger partial charge in [-0.2, -0.15) is 0 Å². The van der Waals surface area contributed by atoms with Crippen molar-refractivity contribution in [2.75, 3.05) is 11.9 Å². The zero-order valence-electron chi connectivity index (χ0n) is 14.4. The van der Waals surface area contributed by atoms with Crippen LogP contribution in [0, 0.1) is 5.92 Å². The fraction of sp³-hybridized carbons (Fsp3) is 0.400. The normalized spacial score (nSPS) is 23.8. The van der Waals surface area contributed by atoms with Crippen LogP contribution in [0.3, 0.4) is 0 Å². The van der Waals surface area contributed by atoms with E-state index in [0.29, 0.717) is 18.2 Å². The Labute approximate surface area is 147 Å². The van der Waals surface area contributed by atoms with Crippen LogP contribution in [-0.4, -0.2) is 17.1 Å². The SMILES string of the molecule is Cn1cccc(NC(=O)NCC2CC23CCCc2ccccc23)c1=O. The molecule has 2 aromatic rings. The topological polar surface area (TPSA) is 63.1 Å². The lowest BCUT2D eigenvalue weighted by Gasteiger charge is -2.26. The average Bonchev–Trinajstić information content (AvgIpc) is 3.31. The van der Waals surface area contributed by atoms with Crippen molar-refractivity contribution in [2.24, 2.45) is 13.0 Å². The van der Waals surface area contributed by atoms with Gasteiger partial charge in [-0.25, -0.2) is 4.79 Å². The number of rotatable bonds is 3. The van der Waals surface area contributed by atoms with Gasteiger partial charge in [-0.15, -0.1) is 0 Å². The predicted molar refractivity (Wildman–Crippen MR) is 97.9 cm³/mol. The molecule has 0 radical (unpaired) electrons. The molecular weight excluding hydrogens is 314 g/mol. The first-order valence-electron chi connectivity index (χ1n) is 8.89. The first kappa shape index (κ1) is 15.9. The molecule has 1 aromatic heterocycles. The number of aryl methyl sites for hydroxylation is 2. The van der Waals surface area contributed by atoms with Gasteiger partial charge >= 0.3 is 6.03 Å². The Balaban J connectivity index is 1.38. The number of amides is 2. The minimum Gasteiger partial charge on any atom is -0.338 e. The van der Waals surface area contributed by atoms with Crippen molar-refractivity contribution in [1.82, 2.24) is 9.88 Å². The molecule has 2 atom stereocenters. The highest BCUT2D eigenvalue weighted by Crippen LogP contribution is 2.59. The Morgan fingerprint density at radius 2 is 2.12 bits per heavy atom. The van der Waals surface area contributed by atoms with Gasteiger partial charge in [0, 0.05) is 25.2 Å². The van der Waals surface area contributed by atoms with Crippen LogP contribution >= 0.6 is 0 Å². The number of benzene rings is 1. The van der Waals surface area contributed by atoms with Gasteiger partial charge in [0.2, 0.25) is 0 Å². The predicted octanol–water partition coefficient (Wildman–Crippen LogP) is 2.80. The molecule has 2 amide bonds. The largest absolute Gasteiger partial charge is 0.338 e. The van der Waals surface area contributed by atoms with E-state index in [2.05, 4.69) is 34.9 Å². The number of fused-ring (bicyclic) bond motifs is 2. The minimum absolute atomic E-state index is 0.207. The number of hydrogen-bond acceptors (Lipinski definition) is 2. The van der Waals surface area contributed by atoms with Crippen LogP contribution in [0.25, 0.3) is 0 Å². The van der Waals surface area contributed by atoms with E-state index in [4.69, 9.17) is 0 Å². The van der Waals surface area contributed by atoms with E-state index in [1.165, 1.54) is 28.5 Å². The third-order valence-corrected chi connectivity index (χ3v) is 5.74. The van der Waals surface area contributed by atoms with E-state index in [0.717, 1.165) is 12.8 Å². The molecule has 2 N–H and O–H groups in total. The molecule has 0 aliphatic heterocycles. The standard InChI is InChI=1S/C20H23N3O2/c1-23-11-5-9-17(18(23)24)22-19(25)21-13-15-12-20(15)10-4-7-14-6-2-3-8-16(14)20/h2-3,5-6,8-9,11,15H,4,7,10,12-13H2,1H3,(H2,21,22,25). The lowest BCUT2D eigenvalue weighted by Crippen LogP contribution is -2.34. The third-order valence-electron chi connectivity index (χ3n) is 5.74. The number of aromatic nitrogens is 1. The zero-order valence-corrected chi connectivity index (χ0v) is 14.4. The first-order valence-corrected chi connectivity index (χ1v) is 8.89. The summed E-state index contributed by atoms with van der Waals surface area (Å²) >= 11 is 0. The highest BCUT2D eigenvalue weighted by atomic mass is 16.2. The summed E-state index contributed by atoms with van der Waals surface area (Å²) in [7, 11) is 1.67. The number of urea groups is 1. The van der Waals surface area contributed by atoms with Crippen LogP contribution in [0.2, 0.25) is 0 Å². The average molecular weight is 337 g/mol. The second kappa shape index (κ2) is 6.06. The highest BCUT2D eigenvalue weighted by Gasteiger charge is 2.56. The number of nitrogens with zero attached hydrogens (tertiary/aromatic N) is 1. The fourth-order valence-corrected chi connectivity index (χ4v) is 4.31. The molecule has 4 rings (SSSR count). The summed E-state index contributed by atoms with van der Waals surface area (Å²) in [5.41, 5.74) is 3.29. The van der Waals surface area contributed by atoms with Crippen molar-refractivity contribution >= 4 is 11.7 Å². The number of hydrogen-bond donors (Lipinski definition) is 2. The molecule has 1 spiro atoms. The molecule has 2 aliphatic carbocycles. The summed E-state index contributed by atoms with van der Waals surface area (Å²) in [6.45, 7) is 0.646. The molecule has 0 saturated heterocycles. The second-order valence-electron chi connectivity index (χ2n) is 7.24. The van der Waals surface area contributed by atoms with Gasteiger partial charge in [-0.05, 0) is 54.9 Å². The summed E-state index contributed by atoms with van der Waals surface area (Å²) in [6.07, 6.45) is 6.39. The van der Waals surface area contributed by atoms with Crippen molar-refractivity contribution in [3.8, 4) is 0 Å². The Hall–Kier alpha value is -2.56. The maximum Gasteiger partial charge on any atom is 0.319 e. The van der Waals surface area contributed by atoms with Crippen LogP contribution in [0.1, 0.15) is 30.4 Å². The molecule has 2 aliphatic rings. The number of carbonyl (C=O) groups excluding carboxylic acids is 1. The molecule has 1 aromatic carbocycles. The van der Waals surface area contributed by atoms with Crippen LogP contribution in [0.4, 0.5) is 10.5 Å². The fourth-order valence-electron chi connectivity index (χ4n) is 4.31. The van der Waals surface area contributed by atoms with Crippen molar-refractivity contribution in [2.45, 2.75) is 31.1 Å². The first-order chi connectivity index (χ1) is 12.1. The molecule has 1 fully saturated rings. The Kier molecular flexibility index (Phi) is 3.86. The molecule has 130 valence electrons. The third kappa shape index (κ3) is 2.84. The van der Waals surface area contributed by atoms with Crippen LogP contribution in [0.15, 0.2) is 47.4 Å². The molecule has 5 heteroatoms. The molecule has 1 heterocycles. The van der Waals surface area contributed by atoms with Crippen molar-refractivity contribution in [3.63, 3.8) is 0 Å². The van der Waals surface area contributed by atoms with E-state index in [1.54, 1.807) is 25.4 Å². The highest BCUT2D eigenvalue weighted by molar-refractivity contribution is 5.89. The summed E-state index contributed by atoms with van der Waals surface area (Å²) < 4.78 is 1.45. The quantitative estimate of drug-likeness (QED) is 0.905. The summed E-state index contributed by atoms with van der Waals surface area (Å²) in [5.74, 6) is 0.485. The molecule has 0 bridgehead atoms. The van der Waals surface area contributed by atoms with Gasteiger partial charge in [0.05, 0.1) is 0 Å². The molecule has 25 heavy (non-hydrogen) atoms. The zero-order chi connectivity index (χ0) is 17.4. The van der Waals surface area contributed by atoms with E-state index in [1.807, 2.05) is 0 Å². The Morgan fingerprint density at radius 3 is 3.00 bits per heavy atom.